The maximum Gasteiger partial charge on any atom is 0.341 e. The molecule has 2 rings (SSSR count). The molecule has 126 valence electrons. The maximum atomic E-state index is 12.2. The molecule has 1 heterocycles. The van der Waals surface area contributed by atoms with Gasteiger partial charge >= 0.3 is 5.97 Å². The Bertz CT molecular complexity index is 739. The van der Waals surface area contributed by atoms with Gasteiger partial charge in [-0.25, -0.2) is 9.78 Å². The van der Waals surface area contributed by atoms with E-state index < -0.39 is 5.97 Å². The molecule has 0 fully saturated rings. The van der Waals surface area contributed by atoms with E-state index in [1.165, 1.54) is 16.7 Å². The molecule has 0 saturated carbocycles. The van der Waals surface area contributed by atoms with Gasteiger partial charge < -0.3 is 9.64 Å². The second-order valence-corrected chi connectivity index (χ2v) is 6.63. The standard InChI is InChI=1S/C17H17BrN2O3S/c1-20(10-12-6-3-4-8-14(12)18)15(21)11-23-17(22)13-7-5-9-19-16(13)24-2/h3-9H,10-11H2,1-2H3. The van der Waals surface area contributed by atoms with Crippen LogP contribution in [0.1, 0.15) is 15.9 Å². The highest BCUT2D eigenvalue weighted by Crippen LogP contribution is 2.18. The molecule has 0 spiro atoms. The van der Waals surface area contributed by atoms with E-state index in [-0.39, 0.29) is 12.5 Å². The first-order chi connectivity index (χ1) is 11.5. The lowest BCUT2D eigenvalue weighted by Crippen LogP contribution is -2.31. The molecule has 0 atom stereocenters. The number of pyridine rings is 1. The number of benzene rings is 1. The van der Waals surface area contributed by atoms with Crippen LogP contribution < -0.4 is 0 Å². The van der Waals surface area contributed by atoms with Gasteiger partial charge in [-0.2, -0.15) is 0 Å². The van der Waals surface area contributed by atoms with E-state index in [0.717, 1.165) is 10.0 Å². The lowest BCUT2D eigenvalue weighted by Gasteiger charge is -2.18. The summed E-state index contributed by atoms with van der Waals surface area (Å²) in [5, 5.41) is 0.580. The predicted molar refractivity (Wildman–Crippen MR) is 96.9 cm³/mol. The summed E-state index contributed by atoms with van der Waals surface area (Å²) in [7, 11) is 1.67. The number of carbonyl (C=O) groups is 2. The van der Waals surface area contributed by atoms with Crippen molar-refractivity contribution in [3.63, 3.8) is 0 Å². The number of halogens is 1. The quantitative estimate of drug-likeness (QED) is 0.541. The zero-order valence-corrected chi connectivity index (χ0v) is 15.8. The average molecular weight is 409 g/mol. The van der Waals surface area contributed by atoms with Crippen LogP contribution in [0.5, 0.6) is 0 Å². The number of ether oxygens (including phenoxy) is 1. The summed E-state index contributed by atoms with van der Waals surface area (Å²) in [5.41, 5.74) is 1.35. The van der Waals surface area contributed by atoms with Gasteiger partial charge in [0.25, 0.3) is 5.91 Å². The summed E-state index contributed by atoms with van der Waals surface area (Å²) in [6, 6.07) is 11.0. The van der Waals surface area contributed by atoms with E-state index in [4.69, 9.17) is 4.74 Å². The Morgan fingerprint density at radius 1 is 1.25 bits per heavy atom. The minimum absolute atomic E-state index is 0.270. The first-order valence-corrected chi connectivity index (χ1v) is 9.18. The first-order valence-electron chi connectivity index (χ1n) is 7.16. The van der Waals surface area contributed by atoms with Gasteiger partial charge in [0.15, 0.2) is 6.61 Å². The Labute approximate surface area is 153 Å². The summed E-state index contributed by atoms with van der Waals surface area (Å²) in [5.74, 6) is -0.816. The van der Waals surface area contributed by atoms with Crippen molar-refractivity contribution in [2.45, 2.75) is 11.6 Å². The van der Waals surface area contributed by atoms with Crippen molar-refractivity contribution in [3.8, 4) is 0 Å². The molecule has 0 saturated heterocycles. The molecule has 0 aliphatic carbocycles. The number of likely N-dealkylation sites (N-methyl/N-ethyl adjacent to an activating group) is 1. The van der Waals surface area contributed by atoms with Gasteiger partial charge in [-0.3, -0.25) is 4.79 Å². The molecule has 1 aromatic heterocycles. The normalized spacial score (nSPS) is 10.3. The highest BCUT2D eigenvalue weighted by atomic mass is 79.9. The fraction of sp³-hybridized carbons (Fsp3) is 0.235. The molecule has 1 amide bonds. The van der Waals surface area contributed by atoms with Gasteiger partial charge in [0.05, 0.1) is 5.56 Å². The molecule has 0 unspecified atom stereocenters. The van der Waals surface area contributed by atoms with Crippen molar-refractivity contribution < 1.29 is 14.3 Å². The van der Waals surface area contributed by atoms with Crippen LogP contribution in [0.2, 0.25) is 0 Å². The van der Waals surface area contributed by atoms with E-state index >= 15 is 0 Å². The summed E-state index contributed by atoms with van der Waals surface area (Å²) < 4.78 is 6.06. The molecule has 24 heavy (non-hydrogen) atoms. The third-order valence-electron chi connectivity index (χ3n) is 3.30. The molecule has 0 radical (unpaired) electrons. The molecule has 0 bridgehead atoms. The number of amides is 1. The Morgan fingerprint density at radius 3 is 2.71 bits per heavy atom. The zero-order chi connectivity index (χ0) is 17.5. The smallest absolute Gasteiger partial charge is 0.341 e. The van der Waals surface area contributed by atoms with Crippen LogP contribution in [-0.2, 0) is 16.1 Å². The summed E-state index contributed by atoms with van der Waals surface area (Å²) in [4.78, 5) is 29.9. The zero-order valence-electron chi connectivity index (χ0n) is 13.4. The topological polar surface area (TPSA) is 59.5 Å². The van der Waals surface area contributed by atoms with Gasteiger partial charge in [0, 0.05) is 24.3 Å². The van der Waals surface area contributed by atoms with E-state index in [1.54, 1.807) is 25.4 Å². The molecule has 0 N–H and O–H groups in total. The highest BCUT2D eigenvalue weighted by molar-refractivity contribution is 9.10. The second kappa shape index (κ2) is 8.84. The molecule has 0 aliphatic rings. The number of rotatable bonds is 6. The van der Waals surface area contributed by atoms with Crippen molar-refractivity contribution in [1.82, 2.24) is 9.88 Å². The largest absolute Gasteiger partial charge is 0.452 e. The van der Waals surface area contributed by atoms with Crippen LogP contribution in [-0.4, -0.2) is 41.7 Å². The predicted octanol–water partition coefficient (Wildman–Crippen LogP) is 3.38. The molecule has 2 aromatic rings. The fourth-order valence-electron chi connectivity index (χ4n) is 1.99. The van der Waals surface area contributed by atoms with Gasteiger partial charge in [0.2, 0.25) is 0 Å². The van der Waals surface area contributed by atoms with E-state index in [0.29, 0.717) is 17.1 Å². The number of hydrogen-bond donors (Lipinski definition) is 0. The minimum Gasteiger partial charge on any atom is -0.452 e. The van der Waals surface area contributed by atoms with Crippen molar-refractivity contribution >= 4 is 39.6 Å². The van der Waals surface area contributed by atoms with Gasteiger partial charge in [-0.05, 0) is 30.0 Å². The third kappa shape index (κ3) is 4.82. The Hall–Kier alpha value is -1.86. The minimum atomic E-state index is -0.546. The van der Waals surface area contributed by atoms with Crippen molar-refractivity contribution in [1.29, 1.82) is 0 Å². The van der Waals surface area contributed by atoms with Gasteiger partial charge in [-0.15, -0.1) is 11.8 Å². The van der Waals surface area contributed by atoms with Crippen LogP contribution in [0.4, 0.5) is 0 Å². The Balaban J connectivity index is 1.92. The van der Waals surface area contributed by atoms with Crippen LogP contribution in [0.3, 0.4) is 0 Å². The lowest BCUT2D eigenvalue weighted by atomic mass is 10.2. The van der Waals surface area contributed by atoms with E-state index in [2.05, 4.69) is 20.9 Å². The van der Waals surface area contributed by atoms with E-state index in [1.807, 2.05) is 30.5 Å². The van der Waals surface area contributed by atoms with Crippen LogP contribution >= 0.6 is 27.7 Å². The van der Waals surface area contributed by atoms with Crippen molar-refractivity contribution in [2.75, 3.05) is 19.9 Å². The molecule has 7 heteroatoms. The highest BCUT2D eigenvalue weighted by Gasteiger charge is 2.17. The fourth-order valence-corrected chi connectivity index (χ4v) is 2.94. The number of esters is 1. The summed E-state index contributed by atoms with van der Waals surface area (Å²) >= 11 is 4.81. The summed E-state index contributed by atoms with van der Waals surface area (Å²) in [6.45, 7) is 0.128. The van der Waals surface area contributed by atoms with Gasteiger partial charge in [-0.1, -0.05) is 34.1 Å². The van der Waals surface area contributed by atoms with Crippen molar-refractivity contribution in [2.24, 2.45) is 0 Å². The van der Waals surface area contributed by atoms with Gasteiger partial charge in [0.1, 0.15) is 5.03 Å². The van der Waals surface area contributed by atoms with Crippen molar-refractivity contribution in [3.05, 3.63) is 58.2 Å². The lowest BCUT2D eigenvalue weighted by molar-refractivity contribution is -0.133. The molecular formula is C17H17BrN2O3S. The van der Waals surface area contributed by atoms with E-state index in [9.17, 15) is 9.59 Å². The first kappa shape index (κ1) is 18.5. The number of thioether (sulfide) groups is 1. The monoisotopic (exact) mass is 408 g/mol. The number of hydrogen-bond acceptors (Lipinski definition) is 5. The molecule has 5 nitrogen and oxygen atoms in total. The SMILES string of the molecule is CSc1ncccc1C(=O)OCC(=O)N(C)Cc1ccccc1Br. The second-order valence-electron chi connectivity index (χ2n) is 4.98. The number of nitrogens with zero attached hydrogens (tertiary/aromatic N) is 2. The third-order valence-corrected chi connectivity index (χ3v) is 4.79. The molecule has 0 aliphatic heterocycles. The Morgan fingerprint density at radius 2 is 2.00 bits per heavy atom. The summed E-state index contributed by atoms with van der Waals surface area (Å²) in [6.07, 6.45) is 3.44. The molecular weight excluding hydrogens is 392 g/mol. The number of aromatic nitrogens is 1. The molecule has 1 aromatic carbocycles. The van der Waals surface area contributed by atoms with Crippen LogP contribution in [0.15, 0.2) is 52.1 Å². The maximum absolute atomic E-state index is 12.2. The Kier molecular flexibility index (Phi) is 6.81. The van der Waals surface area contributed by atoms with Crippen LogP contribution in [0.25, 0.3) is 0 Å². The van der Waals surface area contributed by atoms with Crippen LogP contribution in [0, 0.1) is 0 Å². The number of carbonyl (C=O) groups excluding carboxylic acids is 2. The average Bonchev–Trinajstić information content (AvgIpc) is 2.61.